The molecule has 3 heterocycles. The molecule has 0 spiro atoms. The Hall–Kier alpha value is -0.600. The van der Waals surface area contributed by atoms with E-state index in [0.717, 1.165) is 25.2 Å². The van der Waals surface area contributed by atoms with Gasteiger partial charge in [0.05, 0.1) is 23.5 Å². The minimum Gasteiger partial charge on any atom is -0.416 e. The quantitative estimate of drug-likeness (QED) is 0.780. The molecule has 2 fully saturated rings. The predicted octanol–water partition coefficient (Wildman–Crippen LogP) is 1.63. The van der Waals surface area contributed by atoms with E-state index in [1.807, 2.05) is 0 Å². The smallest absolute Gasteiger partial charge is 0.276 e. The zero-order valence-corrected chi connectivity index (χ0v) is 12.8. The van der Waals surface area contributed by atoms with Gasteiger partial charge in [0.1, 0.15) is 0 Å². The first-order chi connectivity index (χ1) is 9.62. The highest BCUT2D eigenvalue weighted by Crippen LogP contribution is 2.30. The van der Waals surface area contributed by atoms with Crippen LogP contribution in [0.5, 0.6) is 0 Å². The molecule has 0 aliphatic carbocycles. The summed E-state index contributed by atoms with van der Waals surface area (Å²) in [6.07, 6.45) is 4.27. The van der Waals surface area contributed by atoms with Gasteiger partial charge < -0.3 is 9.15 Å². The second-order valence-electron chi connectivity index (χ2n) is 5.31. The molecule has 8 heteroatoms. The molecule has 0 amide bonds. The van der Waals surface area contributed by atoms with Crippen molar-refractivity contribution in [1.29, 1.82) is 0 Å². The molecule has 20 heavy (non-hydrogen) atoms. The third kappa shape index (κ3) is 3.53. The Morgan fingerprint density at radius 3 is 2.85 bits per heavy atom. The molecule has 0 saturated carbocycles. The van der Waals surface area contributed by atoms with Crippen LogP contribution >= 0.6 is 11.8 Å². The normalized spacial score (nSPS) is 29.6. The molecule has 2 aliphatic rings. The van der Waals surface area contributed by atoms with Gasteiger partial charge in [-0.1, -0.05) is 11.8 Å². The van der Waals surface area contributed by atoms with Crippen LogP contribution in [0.1, 0.15) is 37.5 Å². The zero-order chi connectivity index (χ0) is 14.0. The third-order valence-corrected chi connectivity index (χ3v) is 6.39. The molecule has 0 unspecified atom stereocenters. The molecule has 0 aromatic carbocycles. The SMILES string of the molecule is O=S1(=O)CC[C@H](c2nnc(SC[C@H]3CCCCO3)o2)C1. The van der Waals surface area contributed by atoms with E-state index in [4.69, 9.17) is 9.15 Å². The van der Waals surface area contributed by atoms with Gasteiger partial charge in [-0.25, -0.2) is 8.42 Å². The van der Waals surface area contributed by atoms with Crippen molar-refractivity contribution in [3.63, 3.8) is 0 Å². The Morgan fingerprint density at radius 1 is 1.25 bits per heavy atom. The molecule has 6 nitrogen and oxygen atoms in total. The van der Waals surface area contributed by atoms with Gasteiger partial charge in [-0.15, -0.1) is 10.2 Å². The van der Waals surface area contributed by atoms with Crippen LogP contribution < -0.4 is 0 Å². The second kappa shape index (κ2) is 6.03. The number of nitrogens with zero attached hydrogens (tertiary/aromatic N) is 2. The maximum atomic E-state index is 11.4. The maximum absolute atomic E-state index is 11.4. The van der Waals surface area contributed by atoms with E-state index in [0.29, 0.717) is 17.5 Å². The van der Waals surface area contributed by atoms with Crippen LogP contribution in [0.15, 0.2) is 9.64 Å². The minimum absolute atomic E-state index is 0.130. The number of aromatic nitrogens is 2. The van der Waals surface area contributed by atoms with E-state index in [9.17, 15) is 8.42 Å². The first kappa shape index (κ1) is 14.3. The van der Waals surface area contributed by atoms with E-state index < -0.39 is 9.84 Å². The highest BCUT2D eigenvalue weighted by Gasteiger charge is 2.32. The summed E-state index contributed by atoms with van der Waals surface area (Å²) in [7, 11) is -2.92. The molecule has 0 bridgehead atoms. The molecule has 2 saturated heterocycles. The van der Waals surface area contributed by atoms with Crippen molar-refractivity contribution in [3.8, 4) is 0 Å². The first-order valence-corrected chi connectivity index (χ1v) is 9.71. The second-order valence-corrected chi connectivity index (χ2v) is 8.51. The average Bonchev–Trinajstić information content (AvgIpc) is 3.04. The number of sulfone groups is 1. The van der Waals surface area contributed by atoms with Crippen LogP contribution in [0.2, 0.25) is 0 Å². The summed E-state index contributed by atoms with van der Waals surface area (Å²) in [6.45, 7) is 0.834. The van der Waals surface area contributed by atoms with E-state index >= 15 is 0 Å². The number of ether oxygens (including phenoxy) is 1. The minimum atomic E-state index is -2.92. The van der Waals surface area contributed by atoms with Gasteiger partial charge in [-0.05, 0) is 25.7 Å². The summed E-state index contributed by atoms with van der Waals surface area (Å²) in [5, 5.41) is 8.49. The Labute approximate surface area is 122 Å². The Kier molecular flexibility index (Phi) is 4.32. The summed E-state index contributed by atoms with van der Waals surface area (Å²) in [4.78, 5) is 0. The molecular weight excluding hydrogens is 300 g/mol. The lowest BCUT2D eigenvalue weighted by Crippen LogP contribution is -2.21. The lowest BCUT2D eigenvalue weighted by atomic mass is 10.1. The van der Waals surface area contributed by atoms with Crippen LogP contribution in [0, 0.1) is 0 Å². The first-order valence-electron chi connectivity index (χ1n) is 6.90. The molecule has 112 valence electrons. The van der Waals surface area contributed by atoms with Crippen molar-refractivity contribution < 1.29 is 17.6 Å². The fourth-order valence-electron chi connectivity index (χ4n) is 2.54. The van der Waals surface area contributed by atoms with E-state index in [2.05, 4.69) is 10.2 Å². The summed E-state index contributed by atoms with van der Waals surface area (Å²) < 4.78 is 34.1. The van der Waals surface area contributed by atoms with Crippen molar-refractivity contribution in [2.45, 2.75) is 42.9 Å². The number of hydrogen-bond acceptors (Lipinski definition) is 7. The largest absolute Gasteiger partial charge is 0.416 e. The maximum Gasteiger partial charge on any atom is 0.276 e. The topological polar surface area (TPSA) is 82.3 Å². The van der Waals surface area contributed by atoms with E-state index in [1.165, 1.54) is 18.2 Å². The predicted molar refractivity (Wildman–Crippen MR) is 74.6 cm³/mol. The van der Waals surface area contributed by atoms with Crippen molar-refractivity contribution in [2.75, 3.05) is 23.9 Å². The van der Waals surface area contributed by atoms with E-state index in [-0.39, 0.29) is 23.5 Å². The van der Waals surface area contributed by atoms with Crippen LogP contribution in [0.25, 0.3) is 0 Å². The standard InChI is InChI=1S/C12H18N2O4S2/c15-20(16)6-4-9(8-20)11-13-14-12(18-11)19-7-10-3-1-2-5-17-10/h9-10H,1-8H2/t9-,10+/m0/s1. The molecular formula is C12H18N2O4S2. The van der Waals surface area contributed by atoms with Crippen molar-refractivity contribution in [3.05, 3.63) is 5.89 Å². The third-order valence-electron chi connectivity index (χ3n) is 3.67. The van der Waals surface area contributed by atoms with Gasteiger partial charge >= 0.3 is 0 Å². The van der Waals surface area contributed by atoms with Crippen molar-refractivity contribution in [1.82, 2.24) is 10.2 Å². The fraction of sp³-hybridized carbons (Fsp3) is 0.833. The van der Waals surface area contributed by atoms with E-state index in [1.54, 1.807) is 0 Å². The molecule has 1 aromatic heterocycles. The van der Waals surface area contributed by atoms with Gasteiger partial charge in [0.15, 0.2) is 9.84 Å². The molecule has 2 atom stereocenters. The Morgan fingerprint density at radius 2 is 2.15 bits per heavy atom. The van der Waals surface area contributed by atoms with Gasteiger partial charge in [-0.2, -0.15) is 0 Å². The lowest BCUT2D eigenvalue weighted by Gasteiger charge is -2.21. The molecule has 0 N–H and O–H groups in total. The Bertz CT molecular complexity index is 552. The van der Waals surface area contributed by atoms with Crippen LogP contribution in [-0.2, 0) is 14.6 Å². The van der Waals surface area contributed by atoms with Crippen LogP contribution in [-0.4, -0.2) is 48.6 Å². The van der Waals surface area contributed by atoms with Crippen molar-refractivity contribution >= 4 is 21.6 Å². The highest BCUT2D eigenvalue weighted by atomic mass is 32.2. The summed E-state index contributed by atoms with van der Waals surface area (Å²) in [6, 6.07) is 0. The highest BCUT2D eigenvalue weighted by molar-refractivity contribution is 7.99. The van der Waals surface area contributed by atoms with Gasteiger partial charge in [0.2, 0.25) is 5.89 Å². The lowest BCUT2D eigenvalue weighted by molar-refractivity contribution is 0.0314. The number of rotatable bonds is 4. The fourth-order valence-corrected chi connectivity index (χ4v) is 5.10. The van der Waals surface area contributed by atoms with Gasteiger partial charge in [0, 0.05) is 12.4 Å². The monoisotopic (exact) mass is 318 g/mol. The van der Waals surface area contributed by atoms with Crippen LogP contribution in [0.3, 0.4) is 0 Å². The number of hydrogen-bond donors (Lipinski definition) is 0. The number of thioether (sulfide) groups is 1. The summed E-state index contributed by atoms with van der Waals surface area (Å²) in [5.74, 6) is 1.49. The van der Waals surface area contributed by atoms with Crippen molar-refractivity contribution in [2.24, 2.45) is 0 Å². The van der Waals surface area contributed by atoms with Gasteiger partial charge in [0.25, 0.3) is 5.22 Å². The Balaban J connectivity index is 1.54. The van der Waals surface area contributed by atoms with Gasteiger partial charge in [-0.3, -0.25) is 0 Å². The summed E-state index contributed by atoms with van der Waals surface area (Å²) in [5.41, 5.74) is 0. The molecule has 3 rings (SSSR count). The zero-order valence-electron chi connectivity index (χ0n) is 11.2. The molecule has 1 aromatic rings. The molecule has 2 aliphatic heterocycles. The van der Waals surface area contributed by atoms with Crippen LogP contribution in [0.4, 0.5) is 0 Å². The molecule has 0 radical (unpaired) electrons. The average molecular weight is 318 g/mol. The summed E-state index contributed by atoms with van der Waals surface area (Å²) >= 11 is 1.49.